The fourth-order valence-electron chi connectivity index (χ4n) is 4.10. The summed E-state index contributed by atoms with van der Waals surface area (Å²) in [7, 11) is 0. The second-order valence-electron chi connectivity index (χ2n) is 7.52. The van der Waals surface area contributed by atoms with Crippen molar-refractivity contribution in [3.8, 4) is 0 Å². The predicted octanol–water partition coefficient (Wildman–Crippen LogP) is 2.41. The van der Waals surface area contributed by atoms with E-state index in [1.54, 1.807) is 21.7 Å². The molecule has 0 radical (unpaired) electrons. The number of carbonyl (C=O) groups is 1. The number of amides is 1. The highest BCUT2D eigenvalue weighted by molar-refractivity contribution is 5.95. The van der Waals surface area contributed by atoms with E-state index < -0.39 is 11.4 Å². The van der Waals surface area contributed by atoms with Crippen molar-refractivity contribution in [1.29, 1.82) is 0 Å². The van der Waals surface area contributed by atoms with Crippen molar-refractivity contribution in [1.82, 2.24) is 14.7 Å². The minimum atomic E-state index is -1.21. The number of halogens is 1. The molecule has 1 N–H and O–H groups in total. The molecule has 7 heteroatoms. The van der Waals surface area contributed by atoms with Crippen molar-refractivity contribution in [2.75, 3.05) is 13.1 Å². The molecule has 0 bridgehead atoms. The van der Waals surface area contributed by atoms with Gasteiger partial charge in [0.25, 0.3) is 5.91 Å². The van der Waals surface area contributed by atoms with Gasteiger partial charge >= 0.3 is 0 Å². The molecule has 0 spiro atoms. The summed E-state index contributed by atoms with van der Waals surface area (Å²) in [5.41, 5.74) is 1.62. The molecule has 1 saturated heterocycles. The number of β-amino-alcohol motifs (C(OH)–C–C–N with tert-alkyl or cyclic N) is 1. The maximum Gasteiger partial charge on any atom is 0.272 e. The summed E-state index contributed by atoms with van der Waals surface area (Å²) in [4.78, 5) is 14.8. The van der Waals surface area contributed by atoms with Crippen molar-refractivity contribution in [3.05, 3.63) is 52.6 Å². The Kier molecular flexibility index (Phi) is 4.31. The molecule has 3 heterocycles. The molecule has 1 fully saturated rings. The third-order valence-corrected chi connectivity index (χ3v) is 5.45. The average Bonchev–Trinajstić information content (AvgIpc) is 2.97. The Morgan fingerprint density at radius 1 is 1.41 bits per heavy atom. The maximum atomic E-state index is 13.5. The Morgan fingerprint density at radius 3 is 2.81 bits per heavy atom. The number of aliphatic hydroxyl groups is 1. The average molecular weight is 373 g/mol. The molecule has 2 aromatic rings. The largest absolute Gasteiger partial charge is 0.381 e. The molecule has 0 saturated carbocycles. The van der Waals surface area contributed by atoms with E-state index in [-0.39, 0.29) is 31.2 Å². The van der Waals surface area contributed by atoms with Crippen LogP contribution in [-0.4, -0.2) is 44.9 Å². The Morgan fingerprint density at radius 2 is 2.15 bits per heavy atom. The highest BCUT2D eigenvalue weighted by Crippen LogP contribution is 2.36. The lowest BCUT2D eigenvalue weighted by atomic mass is 9.85. The van der Waals surface area contributed by atoms with Gasteiger partial charge in [-0.15, -0.1) is 0 Å². The van der Waals surface area contributed by atoms with Gasteiger partial charge in [-0.2, -0.15) is 5.10 Å². The molecule has 2 atom stereocenters. The van der Waals surface area contributed by atoms with E-state index in [4.69, 9.17) is 4.74 Å². The standard InChI is InChI=1S/C20H24FN3O3/c1-4-24-18(16-8-12(2)27-13(3)17(16)22-24)19(25)23-10-20(26,11-23)14-6-5-7-15(21)9-14/h5-7,9,12-13,26H,4,8,10-11H2,1-3H3/t12-,13+/m0/s1. The van der Waals surface area contributed by atoms with Crippen LogP contribution in [0.25, 0.3) is 0 Å². The van der Waals surface area contributed by atoms with E-state index in [9.17, 15) is 14.3 Å². The van der Waals surface area contributed by atoms with Gasteiger partial charge in [0.2, 0.25) is 0 Å². The molecule has 2 aliphatic heterocycles. The Bertz CT molecular complexity index is 889. The van der Waals surface area contributed by atoms with Crippen molar-refractivity contribution in [2.24, 2.45) is 0 Å². The number of rotatable bonds is 3. The second-order valence-corrected chi connectivity index (χ2v) is 7.52. The Labute approximate surface area is 157 Å². The summed E-state index contributed by atoms with van der Waals surface area (Å²) >= 11 is 0. The van der Waals surface area contributed by atoms with Gasteiger partial charge in [0.05, 0.1) is 31.0 Å². The molecular weight excluding hydrogens is 349 g/mol. The molecule has 0 unspecified atom stereocenters. The number of fused-ring (bicyclic) bond motifs is 1. The van der Waals surface area contributed by atoms with E-state index in [2.05, 4.69) is 5.10 Å². The van der Waals surface area contributed by atoms with Crippen molar-refractivity contribution in [3.63, 3.8) is 0 Å². The molecule has 1 aromatic carbocycles. The third-order valence-electron chi connectivity index (χ3n) is 5.45. The van der Waals surface area contributed by atoms with Crippen molar-refractivity contribution in [2.45, 2.75) is 51.5 Å². The first-order valence-corrected chi connectivity index (χ1v) is 9.35. The zero-order valence-corrected chi connectivity index (χ0v) is 15.8. The number of aryl methyl sites for hydroxylation is 1. The van der Waals surface area contributed by atoms with Crippen LogP contribution >= 0.6 is 0 Å². The highest BCUT2D eigenvalue weighted by atomic mass is 19.1. The fraction of sp³-hybridized carbons (Fsp3) is 0.500. The van der Waals surface area contributed by atoms with Gasteiger partial charge in [-0.1, -0.05) is 12.1 Å². The monoisotopic (exact) mass is 373 g/mol. The lowest BCUT2D eigenvalue weighted by Gasteiger charge is -2.46. The van der Waals surface area contributed by atoms with Crippen LogP contribution in [0.4, 0.5) is 4.39 Å². The van der Waals surface area contributed by atoms with Crippen LogP contribution in [-0.2, 0) is 23.3 Å². The smallest absolute Gasteiger partial charge is 0.272 e. The van der Waals surface area contributed by atoms with E-state index >= 15 is 0 Å². The van der Waals surface area contributed by atoms with Crippen LogP contribution in [0.1, 0.15) is 54.2 Å². The molecule has 0 aliphatic carbocycles. The summed E-state index contributed by atoms with van der Waals surface area (Å²) in [5.74, 6) is -0.542. The van der Waals surface area contributed by atoms with Crippen LogP contribution in [0, 0.1) is 5.82 Å². The number of benzene rings is 1. The normalized spacial score (nSPS) is 23.7. The molecule has 6 nitrogen and oxygen atoms in total. The molecular formula is C20H24FN3O3. The molecule has 2 aliphatic rings. The van der Waals surface area contributed by atoms with Gasteiger partial charge in [-0.25, -0.2) is 4.39 Å². The van der Waals surface area contributed by atoms with Gasteiger partial charge in [0, 0.05) is 18.5 Å². The van der Waals surface area contributed by atoms with Gasteiger partial charge < -0.3 is 14.7 Å². The summed E-state index contributed by atoms with van der Waals surface area (Å²) < 4.78 is 21.0. The number of carbonyl (C=O) groups excluding carboxylic acids is 1. The first-order valence-electron chi connectivity index (χ1n) is 9.35. The van der Waals surface area contributed by atoms with Gasteiger partial charge in [0.1, 0.15) is 17.1 Å². The summed E-state index contributed by atoms with van der Waals surface area (Å²) in [6.45, 7) is 6.74. The fourth-order valence-corrected chi connectivity index (χ4v) is 4.10. The van der Waals surface area contributed by atoms with Gasteiger partial charge in [-0.3, -0.25) is 9.48 Å². The number of nitrogens with zero attached hydrogens (tertiary/aromatic N) is 3. The minimum absolute atomic E-state index is 0.0224. The van der Waals surface area contributed by atoms with Gasteiger partial charge in [-0.05, 0) is 38.5 Å². The first-order chi connectivity index (χ1) is 12.8. The van der Waals surface area contributed by atoms with Crippen LogP contribution in [0.3, 0.4) is 0 Å². The molecule has 1 aromatic heterocycles. The Balaban J connectivity index is 1.60. The number of ether oxygens (including phenoxy) is 1. The van der Waals surface area contributed by atoms with E-state index in [1.165, 1.54) is 12.1 Å². The summed E-state index contributed by atoms with van der Waals surface area (Å²) in [6, 6.07) is 5.91. The van der Waals surface area contributed by atoms with Crippen LogP contribution in [0.2, 0.25) is 0 Å². The van der Waals surface area contributed by atoms with E-state index in [1.807, 2.05) is 20.8 Å². The van der Waals surface area contributed by atoms with Crippen molar-refractivity contribution >= 4 is 5.91 Å². The van der Waals surface area contributed by atoms with Crippen LogP contribution < -0.4 is 0 Å². The number of aromatic nitrogens is 2. The minimum Gasteiger partial charge on any atom is -0.381 e. The van der Waals surface area contributed by atoms with Gasteiger partial charge in [0.15, 0.2) is 0 Å². The highest BCUT2D eigenvalue weighted by Gasteiger charge is 2.47. The Hall–Kier alpha value is -2.25. The molecule has 1 amide bonds. The zero-order chi connectivity index (χ0) is 19.3. The molecule has 144 valence electrons. The van der Waals surface area contributed by atoms with E-state index in [0.29, 0.717) is 24.2 Å². The second kappa shape index (κ2) is 6.42. The number of hydrogen-bond donors (Lipinski definition) is 1. The lowest BCUT2D eigenvalue weighted by molar-refractivity contribution is -0.0869. The maximum absolute atomic E-state index is 13.5. The number of hydrogen-bond acceptors (Lipinski definition) is 4. The van der Waals surface area contributed by atoms with Crippen LogP contribution in [0.15, 0.2) is 24.3 Å². The topological polar surface area (TPSA) is 67.6 Å². The first kappa shape index (κ1) is 18.1. The molecule has 4 rings (SSSR count). The summed E-state index contributed by atoms with van der Waals surface area (Å²) in [6.07, 6.45) is 0.515. The van der Waals surface area contributed by atoms with Crippen molar-refractivity contribution < 1.29 is 19.0 Å². The molecule has 27 heavy (non-hydrogen) atoms. The third kappa shape index (κ3) is 2.95. The predicted molar refractivity (Wildman–Crippen MR) is 96.8 cm³/mol. The lowest BCUT2D eigenvalue weighted by Crippen LogP contribution is -2.61. The van der Waals surface area contributed by atoms with E-state index in [0.717, 1.165) is 11.3 Å². The number of likely N-dealkylation sites (tertiary alicyclic amines) is 1. The quantitative estimate of drug-likeness (QED) is 0.897. The zero-order valence-electron chi connectivity index (χ0n) is 15.8. The van der Waals surface area contributed by atoms with Crippen LogP contribution in [0.5, 0.6) is 0 Å². The summed E-state index contributed by atoms with van der Waals surface area (Å²) in [5, 5.41) is 15.4. The SMILES string of the molecule is CCn1nc2c(c1C(=O)N1CC(O)(c3cccc(F)c3)C1)C[C@H](C)O[C@@H]2C.